The summed E-state index contributed by atoms with van der Waals surface area (Å²) in [5.74, 6) is 0. The third-order valence-electron chi connectivity index (χ3n) is 4.27. The minimum atomic E-state index is 0.0661. The van der Waals surface area contributed by atoms with Crippen LogP contribution in [0.2, 0.25) is 0 Å². The van der Waals surface area contributed by atoms with Crippen LogP contribution in [0, 0.1) is 13.8 Å². The monoisotopic (exact) mass is 289 g/mol. The molecule has 0 aromatic carbocycles. The fourth-order valence-electron chi connectivity index (χ4n) is 2.65. The summed E-state index contributed by atoms with van der Waals surface area (Å²) in [7, 11) is 0. The van der Waals surface area contributed by atoms with Crippen LogP contribution in [0.3, 0.4) is 0 Å². The van der Waals surface area contributed by atoms with Crippen LogP contribution >= 0.6 is 0 Å². The van der Waals surface area contributed by atoms with Crippen LogP contribution in [-0.4, -0.2) is 19.6 Å². The molecule has 5 heteroatoms. The van der Waals surface area contributed by atoms with Crippen LogP contribution in [0.5, 0.6) is 0 Å². The highest BCUT2D eigenvalue weighted by Crippen LogP contribution is 2.22. The maximum atomic E-state index is 6.19. The fourth-order valence-corrected chi connectivity index (χ4v) is 2.65. The van der Waals surface area contributed by atoms with Gasteiger partial charge in [-0.1, -0.05) is 13.8 Å². The standard InChI is InChI=1S/C16H27N5/c1-6-11(3)20-9-8-14(19-20)10-21-13(5)16(12(4)18-21)15(17)7-2/h8-9,11,15H,6-7,10,17H2,1-5H3. The second kappa shape index (κ2) is 6.43. The van der Waals surface area contributed by atoms with Crippen molar-refractivity contribution in [3.8, 4) is 0 Å². The van der Waals surface area contributed by atoms with Crippen molar-refractivity contribution in [3.63, 3.8) is 0 Å². The van der Waals surface area contributed by atoms with Crippen molar-refractivity contribution in [2.75, 3.05) is 0 Å². The molecule has 0 spiro atoms. The van der Waals surface area contributed by atoms with E-state index in [1.807, 2.05) is 22.5 Å². The minimum absolute atomic E-state index is 0.0661. The molecule has 2 heterocycles. The first-order chi connectivity index (χ1) is 9.97. The second-order valence-electron chi connectivity index (χ2n) is 5.80. The molecule has 2 unspecified atom stereocenters. The van der Waals surface area contributed by atoms with Gasteiger partial charge < -0.3 is 5.73 Å². The molecule has 0 radical (unpaired) electrons. The number of rotatable bonds is 6. The predicted molar refractivity (Wildman–Crippen MR) is 85.3 cm³/mol. The molecule has 0 saturated carbocycles. The molecule has 0 fully saturated rings. The lowest BCUT2D eigenvalue weighted by Gasteiger charge is -2.10. The van der Waals surface area contributed by atoms with Gasteiger partial charge in [-0.15, -0.1) is 0 Å². The van der Waals surface area contributed by atoms with Gasteiger partial charge in [-0.2, -0.15) is 10.2 Å². The third-order valence-corrected chi connectivity index (χ3v) is 4.27. The molecule has 2 rings (SSSR count). The van der Waals surface area contributed by atoms with Gasteiger partial charge in [0, 0.05) is 29.5 Å². The second-order valence-corrected chi connectivity index (χ2v) is 5.80. The average Bonchev–Trinajstić information content (AvgIpc) is 3.03. The molecule has 0 amide bonds. The number of aromatic nitrogens is 4. The van der Waals surface area contributed by atoms with Gasteiger partial charge in [-0.25, -0.2) is 0 Å². The summed E-state index contributed by atoms with van der Waals surface area (Å²) in [6, 6.07) is 2.57. The molecule has 0 aliphatic heterocycles. The van der Waals surface area contributed by atoms with E-state index in [4.69, 9.17) is 5.73 Å². The molecule has 0 bridgehead atoms. The molecular weight excluding hydrogens is 262 g/mol. The molecule has 116 valence electrons. The largest absolute Gasteiger partial charge is 0.324 e. The number of hydrogen-bond acceptors (Lipinski definition) is 3. The van der Waals surface area contributed by atoms with E-state index in [2.05, 4.69) is 44.0 Å². The number of nitrogens with two attached hydrogens (primary N) is 1. The third kappa shape index (κ3) is 3.18. The van der Waals surface area contributed by atoms with Crippen LogP contribution < -0.4 is 5.73 Å². The summed E-state index contributed by atoms with van der Waals surface area (Å²) >= 11 is 0. The lowest BCUT2D eigenvalue weighted by molar-refractivity contribution is 0.470. The van der Waals surface area contributed by atoms with Gasteiger partial charge >= 0.3 is 0 Å². The van der Waals surface area contributed by atoms with Crippen molar-refractivity contribution in [3.05, 3.63) is 34.9 Å². The Morgan fingerprint density at radius 2 is 1.90 bits per heavy atom. The summed E-state index contributed by atoms with van der Waals surface area (Å²) in [4.78, 5) is 0. The van der Waals surface area contributed by atoms with Crippen LogP contribution in [0.15, 0.2) is 12.3 Å². The quantitative estimate of drug-likeness (QED) is 0.888. The molecule has 0 aliphatic rings. The van der Waals surface area contributed by atoms with Crippen LogP contribution in [0.25, 0.3) is 0 Å². The van der Waals surface area contributed by atoms with E-state index < -0.39 is 0 Å². The molecule has 21 heavy (non-hydrogen) atoms. The highest BCUT2D eigenvalue weighted by Gasteiger charge is 2.17. The van der Waals surface area contributed by atoms with Gasteiger partial charge in [0.1, 0.15) is 0 Å². The number of hydrogen-bond donors (Lipinski definition) is 1. The lowest BCUT2D eigenvalue weighted by Crippen LogP contribution is -2.12. The smallest absolute Gasteiger partial charge is 0.0853 e. The van der Waals surface area contributed by atoms with E-state index in [0.717, 1.165) is 29.9 Å². The van der Waals surface area contributed by atoms with Gasteiger partial charge in [0.2, 0.25) is 0 Å². The Bertz CT molecular complexity index is 596. The Morgan fingerprint density at radius 1 is 1.19 bits per heavy atom. The van der Waals surface area contributed by atoms with Crippen LogP contribution in [0.1, 0.15) is 68.3 Å². The van der Waals surface area contributed by atoms with E-state index in [1.165, 1.54) is 5.56 Å². The van der Waals surface area contributed by atoms with Crippen molar-refractivity contribution < 1.29 is 0 Å². The van der Waals surface area contributed by atoms with Crippen molar-refractivity contribution in [2.24, 2.45) is 5.73 Å². The maximum absolute atomic E-state index is 6.19. The molecule has 2 aromatic rings. The van der Waals surface area contributed by atoms with Gasteiger partial charge in [-0.05, 0) is 39.7 Å². The maximum Gasteiger partial charge on any atom is 0.0853 e. The fraction of sp³-hybridized carbons (Fsp3) is 0.625. The summed E-state index contributed by atoms with van der Waals surface area (Å²) < 4.78 is 4.04. The Kier molecular flexibility index (Phi) is 4.83. The molecule has 0 saturated heterocycles. The predicted octanol–water partition coefficient (Wildman–Crippen LogP) is 3.13. The van der Waals surface area contributed by atoms with Crippen LogP contribution in [-0.2, 0) is 6.54 Å². The zero-order valence-electron chi connectivity index (χ0n) is 13.8. The zero-order chi connectivity index (χ0) is 15.6. The van der Waals surface area contributed by atoms with Crippen molar-refractivity contribution >= 4 is 0 Å². The molecule has 2 aromatic heterocycles. The van der Waals surface area contributed by atoms with Gasteiger partial charge in [0.05, 0.1) is 17.9 Å². The molecular formula is C16H27N5. The Morgan fingerprint density at radius 3 is 2.52 bits per heavy atom. The van der Waals surface area contributed by atoms with E-state index in [1.54, 1.807) is 0 Å². The Labute approximate surface area is 127 Å². The summed E-state index contributed by atoms with van der Waals surface area (Å²) in [5.41, 5.74) is 10.6. The first-order valence-corrected chi connectivity index (χ1v) is 7.81. The van der Waals surface area contributed by atoms with Gasteiger partial charge in [0.15, 0.2) is 0 Å². The highest BCUT2D eigenvalue weighted by atomic mass is 15.3. The molecule has 5 nitrogen and oxygen atoms in total. The molecule has 2 N–H and O–H groups in total. The Balaban J connectivity index is 2.22. The number of nitrogens with zero attached hydrogens (tertiary/aromatic N) is 4. The normalized spacial score (nSPS) is 14.4. The SMILES string of the molecule is CCC(N)c1c(C)nn(Cc2ccn(C(C)CC)n2)c1C. The lowest BCUT2D eigenvalue weighted by atomic mass is 10.0. The van der Waals surface area contributed by atoms with Crippen molar-refractivity contribution in [1.82, 2.24) is 19.6 Å². The molecule has 0 aliphatic carbocycles. The first kappa shape index (κ1) is 15.8. The summed E-state index contributed by atoms with van der Waals surface area (Å²) in [6.45, 7) is 11.3. The van der Waals surface area contributed by atoms with E-state index in [0.29, 0.717) is 12.6 Å². The average molecular weight is 289 g/mol. The van der Waals surface area contributed by atoms with E-state index in [9.17, 15) is 0 Å². The number of aryl methyl sites for hydroxylation is 1. The van der Waals surface area contributed by atoms with E-state index in [-0.39, 0.29) is 6.04 Å². The van der Waals surface area contributed by atoms with Crippen LogP contribution in [0.4, 0.5) is 0 Å². The van der Waals surface area contributed by atoms with Crippen molar-refractivity contribution in [2.45, 2.75) is 66.1 Å². The Hall–Kier alpha value is -1.62. The highest BCUT2D eigenvalue weighted by molar-refractivity contribution is 5.28. The topological polar surface area (TPSA) is 61.7 Å². The zero-order valence-corrected chi connectivity index (χ0v) is 13.8. The summed E-state index contributed by atoms with van der Waals surface area (Å²) in [5, 5.41) is 9.28. The minimum Gasteiger partial charge on any atom is -0.324 e. The van der Waals surface area contributed by atoms with E-state index >= 15 is 0 Å². The summed E-state index contributed by atoms with van der Waals surface area (Å²) in [6.07, 6.45) is 4.06. The molecule has 2 atom stereocenters. The van der Waals surface area contributed by atoms with Gasteiger partial charge in [-0.3, -0.25) is 9.36 Å². The van der Waals surface area contributed by atoms with Crippen molar-refractivity contribution in [1.29, 1.82) is 0 Å². The van der Waals surface area contributed by atoms with Gasteiger partial charge in [0.25, 0.3) is 0 Å². The first-order valence-electron chi connectivity index (χ1n) is 7.81.